The number of rotatable bonds is 7. The van der Waals surface area contributed by atoms with E-state index in [1.807, 2.05) is 36.4 Å². The Labute approximate surface area is 222 Å². The van der Waals surface area contributed by atoms with Crippen molar-refractivity contribution in [3.63, 3.8) is 0 Å². The average Bonchev–Trinajstić information content (AvgIpc) is 3.31. The number of pyridine rings is 1. The van der Waals surface area contributed by atoms with E-state index < -0.39 is 11.8 Å². The van der Waals surface area contributed by atoms with Gasteiger partial charge in [-0.1, -0.05) is 42.5 Å². The lowest BCUT2D eigenvalue weighted by Crippen LogP contribution is -2.39. The van der Waals surface area contributed by atoms with Crippen molar-refractivity contribution in [1.82, 2.24) is 19.4 Å². The second kappa shape index (κ2) is 11.4. The first kappa shape index (κ1) is 25.5. The topological polar surface area (TPSA) is 135 Å². The van der Waals surface area contributed by atoms with Gasteiger partial charge in [0, 0.05) is 25.7 Å². The summed E-state index contributed by atoms with van der Waals surface area (Å²) in [5, 5.41) is 10.3. The van der Waals surface area contributed by atoms with Crippen molar-refractivity contribution < 1.29 is 14.4 Å². The Hall–Kier alpha value is -3.57. The maximum absolute atomic E-state index is 13.4. The number of carbonyl (C=O) groups is 3. The molecule has 4 aromatic rings. The SMILES string of the molecule is CC(=O)Nc1cccc(CN(Cc2ccccc2)C(=O)C(=O)Nc2cnc(N)c3cnn(PI)c23)c1. The third-order valence-corrected chi connectivity index (χ3v) is 7.15. The minimum absolute atomic E-state index is 0.164. The van der Waals surface area contributed by atoms with Crippen LogP contribution in [0.15, 0.2) is 67.0 Å². The summed E-state index contributed by atoms with van der Waals surface area (Å²) in [5.41, 5.74) is 9.17. The molecule has 1 unspecified atom stereocenters. The quantitative estimate of drug-likeness (QED) is 0.164. The molecule has 0 aliphatic carbocycles. The van der Waals surface area contributed by atoms with Gasteiger partial charge in [-0.25, -0.2) is 9.44 Å². The summed E-state index contributed by atoms with van der Waals surface area (Å²) in [6.45, 7) is 1.81. The number of nitrogens with zero attached hydrogens (tertiary/aromatic N) is 4. The van der Waals surface area contributed by atoms with Crippen LogP contribution in [0.1, 0.15) is 18.1 Å². The second-order valence-corrected chi connectivity index (χ2v) is 9.98. The zero-order chi connectivity index (χ0) is 25.7. The standard InChI is InChI=1S/C24H23IN7O3P/c1-15(33)29-18-9-5-8-17(10-18)14-31(13-16-6-3-2-4-7-16)24(35)23(34)30-20-12-27-22(26)19-11-28-32(36-25)21(19)20/h2-12,36H,13-14H2,1H3,(H2,26,27)(H,29,33)(H,30,34). The number of carbonyl (C=O) groups excluding carboxylic acids is 3. The van der Waals surface area contributed by atoms with Crippen molar-refractivity contribution in [3.05, 3.63) is 78.1 Å². The Kier molecular flexibility index (Phi) is 8.11. The molecule has 12 heteroatoms. The largest absolute Gasteiger partial charge is 0.383 e. The smallest absolute Gasteiger partial charge is 0.314 e. The summed E-state index contributed by atoms with van der Waals surface area (Å²) in [5.74, 6) is -1.42. The Balaban J connectivity index is 1.61. The van der Waals surface area contributed by atoms with Crippen molar-refractivity contribution in [3.8, 4) is 0 Å². The first-order valence-electron chi connectivity index (χ1n) is 10.8. The molecular weight excluding hydrogens is 592 g/mol. The summed E-state index contributed by atoms with van der Waals surface area (Å²) in [7, 11) is 0. The fourth-order valence-corrected chi connectivity index (χ4v) is 5.23. The highest BCUT2D eigenvalue weighted by atomic mass is 127. The summed E-state index contributed by atoms with van der Waals surface area (Å²) >= 11 is 2.17. The van der Waals surface area contributed by atoms with Crippen LogP contribution in [0.3, 0.4) is 0 Å². The second-order valence-electron chi connectivity index (χ2n) is 7.94. The number of aromatic nitrogens is 3. The van der Waals surface area contributed by atoms with Crippen molar-refractivity contribution in [1.29, 1.82) is 0 Å². The van der Waals surface area contributed by atoms with E-state index in [0.29, 0.717) is 28.1 Å². The fraction of sp³-hybridized carbons (Fsp3) is 0.125. The van der Waals surface area contributed by atoms with Gasteiger partial charge in [0.05, 0.1) is 29.8 Å². The molecule has 2 aromatic heterocycles. The molecule has 0 fully saturated rings. The Morgan fingerprint density at radius 3 is 2.47 bits per heavy atom. The maximum Gasteiger partial charge on any atom is 0.314 e. The number of fused-ring (bicyclic) bond motifs is 1. The first-order valence-corrected chi connectivity index (χ1v) is 14.9. The van der Waals surface area contributed by atoms with E-state index in [1.165, 1.54) is 18.0 Å². The Bertz CT molecular complexity index is 1430. The van der Waals surface area contributed by atoms with Gasteiger partial charge in [0.25, 0.3) is 0 Å². The molecule has 4 N–H and O–H groups in total. The lowest BCUT2D eigenvalue weighted by Gasteiger charge is -2.23. The first-order chi connectivity index (χ1) is 17.4. The molecule has 0 aliphatic rings. The van der Waals surface area contributed by atoms with Gasteiger partial charge in [-0.15, -0.1) is 0 Å². The highest BCUT2D eigenvalue weighted by Gasteiger charge is 2.24. The number of anilines is 3. The van der Waals surface area contributed by atoms with Gasteiger partial charge >= 0.3 is 11.8 Å². The number of nitrogens with one attached hydrogen (secondary N) is 2. The van der Waals surface area contributed by atoms with E-state index in [0.717, 1.165) is 11.1 Å². The van der Waals surface area contributed by atoms with Crippen LogP contribution in [0.2, 0.25) is 0 Å². The third kappa shape index (κ3) is 5.97. The molecule has 0 aliphatic heterocycles. The highest BCUT2D eigenvalue weighted by Crippen LogP contribution is 2.34. The van der Waals surface area contributed by atoms with Crippen LogP contribution in [0.25, 0.3) is 10.9 Å². The molecule has 184 valence electrons. The molecule has 2 heterocycles. The van der Waals surface area contributed by atoms with Crippen LogP contribution >= 0.6 is 28.4 Å². The summed E-state index contributed by atoms with van der Waals surface area (Å²) in [6, 6.07) is 16.6. The molecule has 10 nitrogen and oxygen atoms in total. The van der Waals surface area contributed by atoms with Crippen LogP contribution in [-0.2, 0) is 27.5 Å². The average molecular weight is 615 g/mol. The van der Waals surface area contributed by atoms with Crippen molar-refractivity contribution in [2.75, 3.05) is 16.4 Å². The number of hydrogen-bond donors (Lipinski definition) is 3. The van der Waals surface area contributed by atoms with Crippen LogP contribution in [0, 0.1) is 0 Å². The number of amides is 3. The number of benzene rings is 2. The summed E-state index contributed by atoms with van der Waals surface area (Å²) < 4.78 is 1.70. The molecule has 0 bridgehead atoms. The highest BCUT2D eigenvalue weighted by molar-refractivity contribution is 14.2. The predicted molar refractivity (Wildman–Crippen MR) is 150 cm³/mol. The van der Waals surface area contributed by atoms with E-state index in [4.69, 9.17) is 5.73 Å². The van der Waals surface area contributed by atoms with Crippen LogP contribution in [0.5, 0.6) is 0 Å². The molecule has 0 radical (unpaired) electrons. The Morgan fingerprint density at radius 2 is 1.75 bits per heavy atom. The van der Waals surface area contributed by atoms with E-state index in [9.17, 15) is 14.4 Å². The van der Waals surface area contributed by atoms with Gasteiger partial charge in [-0.3, -0.25) is 14.4 Å². The van der Waals surface area contributed by atoms with Gasteiger partial charge in [-0.2, -0.15) is 5.10 Å². The molecule has 4 rings (SSSR count). The minimum atomic E-state index is -0.804. The van der Waals surface area contributed by atoms with E-state index in [-0.39, 0.29) is 25.4 Å². The zero-order valence-corrected chi connectivity index (χ0v) is 22.4. The normalized spacial score (nSPS) is 11.1. The number of nitrogen functional groups attached to an aromatic ring is 1. The summed E-state index contributed by atoms with van der Waals surface area (Å²) in [6.07, 6.45) is 3.28. The number of nitrogens with two attached hydrogens (primary N) is 1. The zero-order valence-electron chi connectivity index (χ0n) is 19.2. The molecule has 0 saturated heterocycles. The third-order valence-electron chi connectivity index (χ3n) is 5.28. The van der Waals surface area contributed by atoms with Crippen LogP contribution < -0.4 is 16.4 Å². The number of hydrogen-bond acceptors (Lipinski definition) is 6. The van der Waals surface area contributed by atoms with E-state index >= 15 is 0 Å². The molecule has 2 aromatic carbocycles. The molecule has 1 atom stereocenters. The van der Waals surface area contributed by atoms with Crippen LogP contribution in [-0.4, -0.2) is 37.2 Å². The van der Waals surface area contributed by atoms with Gasteiger partial charge in [0.2, 0.25) is 5.91 Å². The van der Waals surface area contributed by atoms with Crippen molar-refractivity contribution >= 4 is 74.2 Å². The Morgan fingerprint density at radius 1 is 1.03 bits per heavy atom. The minimum Gasteiger partial charge on any atom is -0.383 e. The number of halogens is 1. The molecule has 0 saturated carbocycles. The van der Waals surface area contributed by atoms with E-state index in [1.54, 1.807) is 28.8 Å². The van der Waals surface area contributed by atoms with Crippen molar-refractivity contribution in [2.24, 2.45) is 0 Å². The lowest BCUT2D eigenvalue weighted by molar-refractivity contribution is -0.144. The van der Waals surface area contributed by atoms with Crippen molar-refractivity contribution in [2.45, 2.75) is 20.0 Å². The maximum atomic E-state index is 13.4. The van der Waals surface area contributed by atoms with Gasteiger partial charge < -0.3 is 21.3 Å². The molecule has 0 spiro atoms. The lowest BCUT2D eigenvalue weighted by atomic mass is 10.1. The van der Waals surface area contributed by atoms with Gasteiger partial charge in [-0.05, 0) is 45.3 Å². The van der Waals surface area contributed by atoms with Crippen LogP contribution in [0.4, 0.5) is 17.2 Å². The predicted octanol–water partition coefficient (Wildman–Crippen LogP) is 3.93. The molecular formula is C24H23IN7O3P. The van der Waals surface area contributed by atoms with Gasteiger partial charge in [0.15, 0.2) is 0 Å². The van der Waals surface area contributed by atoms with E-state index in [2.05, 4.69) is 42.8 Å². The fourth-order valence-electron chi connectivity index (χ4n) is 3.71. The molecule has 36 heavy (non-hydrogen) atoms. The summed E-state index contributed by atoms with van der Waals surface area (Å²) in [4.78, 5) is 43.6. The molecule has 3 amide bonds. The monoisotopic (exact) mass is 615 g/mol. The van der Waals surface area contributed by atoms with Gasteiger partial charge in [0.1, 0.15) is 11.3 Å².